The molecule has 1 aromatic carbocycles. The number of rotatable bonds is 3. The van der Waals surface area contributed by atoms with Gasteiger partial charge in [0.1, 0.15) is 12.2 Å². The van der Waals surface area contributed by atoms with Crippen molar-refractivity contribution in [1.82, 2.24) is 0 Å². The molecule has 0 atom stereocenters. The number of hydrogen-bond donors (Lipinski definition) is 1. The molecule has 0 bridgehead atoms. The molecular weight excluding hydrogens is 201 g/mol. The van der Waals surface area contributed by atoms with Crippen LogP contribution in [-0.2, 0) is 14.3 Å². The minimum Gasteiger partial charge on any atom is -0.469 e. The zero-order valence-corrected chi connectivity index (χ0v) is 8.12. The Hall–Kier alpha value is -1.91. The first kappa shape index (κ1) is 11.2. The molecule has 0 aliphatic rings. The van der Waals surface area contributed by atoms with E-state index in [1.165, 1.54) is 31.4 Å². The fourth-order valence-electron chi connectivity index (χ4n) is 0.942. The molecule has 0 radical (unpaired) electrons. The van der Waals surface area contributed by atoms with Gasteiger partial charge in [0.15, 0.2) is 0 Å². The summed E-state index contributed by atoms with van der Waals surface area (Å²) in [6.45, 7) is 0. The molecule has 80 valence electrons. The van der Waals surface area contributed by atoms with E-state index in [9.17, 15) is 14.0 Å². The van der Waals surface area contributed by atoms with Crippen LogP contribution in [0.15, 0.2) is 24.3 Å². The van der Waals surface area contributed by atoms with Gasteiger partial charge in [0.25, 0.3) is 0 Å². The van der Waals surface area contributed by atoms with Gasteiger partial charge in [0.2, 0.25) is 5.91 Å². The molecule has 4 nitrogen and oxygen atoms in total. The highest BCUT2D eigenvalue weighted by Gasteiger charge is 2.09. The van der Waals surface area contributed by atoms with Crippen LogP contribution in [0, 0.1) is 5.82 Å². The maximum atomic E-state index is 12.5. The normalized spacial score (nSPS) is 9.47. The van der Waals surface area contributed by atoms with Crippen molar-refractivity contribution in [3.8, 4) is 0 Å². The van der Waals surface area contributed by atoms with Gasteiger partial charge in [0, 0.05) is 5.69 Å². The van der Waals surface area contributed by atoms with Crippen LogP contribution in [0.4, 0.5) is 10.1 Å². The number of carbonyl (C=O) groups is 2. The molecule has 0 saturated carbocycles. The van der Waals surface area contributed by atoms with Crippen molar-refractivity contribution in [2.24, 2.45) is 0 Å². The van der Waals surface area contributed by atoms with Crippen LogP contribution >= 0.6 is 0 Å². The molecule has 0 aliphatic heterocycles. The summed E-state index contributed by atoms with van der Waals surface area (Å²) in [6, 6.07) is 5.25. The van der Waals surface area contributed by atoms with Crippen molar-refractivity contribution in [2.75, 3.05) is 12.4 Å². The number of hydrogen-bond acceptors (Lipinski definition) is 3. The van der Waals surface area contributed by atoms with Gasteiger partial charge in [0.05, 0.1) is 7.11 Å². The second-order valence-corrected chi connectivity index (χ2v) is 2.81. The standard InChI is InChI=1S/C10H10FNO3/c1-15-10(14)6-9(13)12-8-4-2-7(11)3-5-8/h2-5H,6H2,1H3,(H,12,13). The zero-order valence-electron chi connectivity index (χ0n) is 8.12. The average Bonchev–Trinajstić information content (AvgIpc) is 2.21. The lowest BCUT2D eigenvalue weighted by atomic mass is 10.3. The second kappa shape index (κ2) is 5.09. The highest BCUT2D eigenvalue weighted by molar-refractivity contribution is 6.01. The fourth-order valence-corrected chi connectivity index (χ4v) is 0.942. The molecular formula is C10H10FNO3. The van der Waals surface area contributed by atoms with Gasteiger partial charge in [-0.15, -0.1) is 0 Å². The van der Waals surface area contributed by atoms with Gasteiger partial charge in [-0.2, -0.15) is 0 Å². The Morgan fingerprint density at radius 3 is 2.47 bits per heavy atom. The molecule has 1 aromatic rings. The maximum Gasteiger partial charge on any atom is 0.315 e. The molecule has 0 saturated heterocycles. The molecule has 0 fully saturated rings. The van der Waals surface area contributed by atoms with Crippen molar-refractivity contribution in [3.05, 3.63) is 30.1 Å². The molecule has 0 heterocycles. The largest absolute Gasteiger partial charge is 0.469 e. The molecule has 0 aromatic heterocycles. The van der Waals surface area contributed by atoms with Crippen molar-refractivity contribution >= 4 is 17.6 Å². The molecule has 1 N–H and O–H groups in total. The van der Waals surface area contributed by atoms with Crippen LogP contribution in [-0.4, -0.2) is 19.0 Å². The summed E-state index contributed by atoms with van der Waals surface area (Å²) >= 11 is 0. The number of nitrogens with one attached hydrogen (secondary N) is 1. The lowest BCUT2D eigenvalue weighted by molar-refractivity contribution is -0.142. The van der Waals surface area contributed by atoms with Crippen LogP contribution in [0.1, 0.15) is 6.42 Å². The van der Waals surface area contributed by atoms with Crippen LogP contribution in [0.5, 0.6) is 0 Å². The molecule has 1 rings (SSSR count). The summed E-state index contributed by atoms with van der Waals surface area (Å²) in [5, 5.41) is 2.43. The Bertz CT molecular complexity index is 361. The number of halogens is 1. The summed E-state index contributed by atoms with van der Waals surface area (Å²) in [7, 11) is 1.20. The predicted octanol–water partition coefficient (Wildman–Crippen LogP) is 1.33. The van der Waals surface area contributed by atoms with Crippen molar-refractivity contribution < 1.29 is 18.7 Å². The quantitative estimate of drug-likeness (QED) is 0.606. The van der Waals surface area contributed by atoms with Crippen molar-refractivity contribution in [3.63, 3.8) is 0 Å². The van der Waals surface area contributed by atoms with Crippen LogP contribution in [0.3, 0.4) is 0 Å². The third-order valence-electron chi connectivity index (χ3n) is 1.66. The molecule has 5 heteroatoms. The number of ether oxygens (including phenoxy) is 1. The summed E-state index contributed by atoms with van der Waals surface area (Å²) < 4.78 is 16.8. The van der Waals surface area contributed by atoms with Crippen molar-refractivity contribution in [2.45, 2.75) is 6.42 Å². The Morgan fingerprint density at radius 1 is 1.33 bits per heavy atom. The number of amides is 1. The third kappa shape index (κ3) is 3.76. The molecule has 1 amide bonds. The fraction of sp³-hybridized carbons (Fsp3) is 0.200. The van der Waals surface area contributed by atoms with Crippen LogP contribution < -0.4 is 5.32 Å². The molecule has 15 heavy (non-hydrogen) atoms. The van der Waals surface area contributed by atoms with E-state index in [4.69, 9.17) is 0 Å². The van der Waals surface area contributed by atoms with Gasteiger partial charge in [-0.25, -0.2) is 4.39 Å². The van der Waals surface area contributed by atoms with Gasteiger partial charge in [-0.3, -0.25) is 9.59 Å². The highest BCUT2D eigenvalue weighted by Crippen LogP contribution is 2.08. The van der Waals surface area contributed by atoms with Gasteiger partial charge in [-0.1, -0.05) is 0 Å². The van der Waals surface area contributed by atoms with Gasteiger partial charge >= 0.3 is 5.97 Å². The average molecular weight is 211 g/mol. The van der Waals surface area contributed by atoms with E-state index in [1.807, 2.05) is 0 Å². The van der Waals surface area contributed by atoms with Gasteiger partial charge < -0.3 is 10.1 Å². The van der Waals surface area contributed by atoms with E-state index in [0.717, 1.165) is 0 Å². The van der Waals surface area contributed by atoms with Crippen LogP contribution in [0.2, 0.25) is 0 Å². The summed E-state index contributed by atoms with van der Waals surface area (Å²) in [5.41, 5.74) is 0.435. The minimum absolute atomic E-state index is 0.353. The Balaban J connectivity index is 2.51. The zero-order chi connectivity index (χ0) is 11.3. The number of methoxy groups -OCH3 is 1. The molecule has 0 spiro atoms. The first-order chi connectivity index (χ1) is 7.11. The Labute approximate surface area is 86.0 Å². The minimum atomic E-state index is -0.616. The lowest BCUT2D eigenvalue weighted by Gasteiger charge is -2.03. The van der Waals surface area contributed by atoms with Crippen LogP contribution in [0.25, 0.3) is 0 Å². The summed E-state index contributed by atoms with van der Waals surface area (Å²) in [5.74, 6) is -1.50. The SMILES string of the molecule is COC(=O)CC(=O)Nc1ccc(F)cc1. The van der Waals surface area contributed by atoms with E-state index in [1.54, 1.807) is 0 Å². The lowest BCUT2D eigenvalue weighted by Crippen LogP contribution is -2.17. The summed E-state index contributed by atoms with van der Waals surface area (Å²) in [6.07, 6.45) is -0.353. The Morgan fingerprint density at radius 2 is 1.93 bits per heavy atom. The highest BCUT2D eigenvalue weighted by atomic mass is 19.1. The van der Waals surface area contributed by atoms with E-state index in [-0.39, 0.29) is 12.2 Å². The molecule has 0 unspecified atom stereocenters. The Kier molecular flexibility index (Phi) is 3.79. The van der Waals surface area contributed by atoms with E-state index >= 15 is 0 Å². The summed E-state index contributed by atoms with van der Waals surface area (Å²) in [4.78, 5) is 21.9. The van der Waals surface area contributed by atoms with Gasteiger partial charge in [-0.05, 0) is 24.3 Å². The first-order valence-corrected chi connectivity index (χ1v) is 4.24. The maximum absolute atomic E-state index is 12.5. The van der Waals surface area contributed by atoms with Crippen molar-refractivity contribution in [1.29, 1.82) is 0 Å². The number of anilines is 1. The number of esters is 1. The predicted molar refractivity (Wildman–Crippen MR) is 51.7 cm³/mol. The monoisotopic (exact) mass is 211 g/mol. The third-order valence-corrected chi connectivity index (χ3v) is 1.66. The first-order valence-electron chi connectivity index (χ1n) is 4.24. The van der Waals surface area contributed by atoms with E-state index < -0.39 is 11.9 Å². The smallest absolute Gasteiger partial charge is 0.315 e. The topological polar surface area (TPSA) is 55.4 Å². The number of carbonyl (C=O) groups excluding carboxylic acids is 2. The second-order valence-electron chi connectivity index (χ2n) is 2.81. The number of benzene rings is 1. The molecule has 0 aliphatic carbocycles. The van der Waals surface area contributed by atoms with E-state index in [0.29, 0.717) is 5.69 Å². The van der Waals surface area contributed by atoms with E-state index in [2.05, 4.69) is 10.1 Å².